The van der Waals surface area contributed by atoms with Gasteiger partial charge in [-0.2, -0.15) is 13.2 Å². The molecule has 154 valence electrons. The molecule has 1 heterocycles. The van der Waals surface area contributed by atoms with Gasteiger partial charge in [-0.05, 0) is 61.8 Å². The van der Waals surface area contributed by atoms with Gasteiger partial charge in [0.1, 0.15) is 5.82 Å². The standard InChI is InChI=1S/C22H22F4N2O/c1-2-28(16-6-7-16)20(29)9-13-3-4-14-11-27-12-18(21(13)14)17-8-5-15(10-19(17)23)22(24,25)26/h5,8,10-13,16H,2-4,6-7,9H2,1H3. The van der Waals surface area contributed by atoms with Crippen molar-refractivity contribution in [2.75, 3.05) is 6.54 Å². The average Bonchev–Trinajstić information content (AvgIpc) is 3.42. The topological polar surface area (TPSA) is 33.2 Å². The van der Waals surface area contributed by atoms with Crippen molar-refractivity contribution < 1.29 is 22.4 Å². The zero-order chi connectivity index (χ0) is 20.8. The number of aromatic nitrogens is 1. The number of carbonyl (C=O) groups excluding carboxylic acids is 1. The maximum atomic E-state index is 14.6. The zero-order valence-corrected chi connectivity index (χ0v) is 16.1. The van der Waals surface area contributed by atoms with Gasteiger partial charge in [0.25, 0.3) is 0 Å². The number of nitrogens with zero attached hydrogens (tertiary/aromatic N) is 2. The Hall–Kier alpha value is -2.44. The highest BCUT2D eigenvalue weighted by Crippen LogP contribution is 2.43. The molecule has 0 radical (unpaired) electrons. The molecule has 1 aromatic heterocycles. The molecular weight excluding hydrogens is 384 g/mol. The van der Waals surface area contributed by atoms with Crippen molar-refractivity contribution in [2.24, 2.45) is 0 Å². The monoisotopic (exact) mass is 406 g/mol. The molecule has 1 aromatic carbocycles. The molecule has 2 aliphatic rings. The maximum Gasteiger partial charge on any atom is 0.416 e. The lowest BCUT2D eigenvalue weighted by atomic mass is 9.90. The second-order valence-corrected chi connectivity index (χ2v) is 7.80. The molecule has 0 spiro atoms. The predicted octanol–water partition coefficient (Wildman–Crippen LogP) is 5.34. The summed E-state index contributed by atoms with van der Waals surface area (Å²) < 4.78 is 53.3. The number of carbonyl (C=O) groups is 1. The highest BCUT2D eigenvalue weighted by atomic mass is 19.4. The van der Waals surface area contributed by atoms with Crippen LogP contribution in [0.15, 0.2) is 30.6 Å². The summed E-state index contributed by atoms with van der Waals surface area (Å²) in [5.74, 6) is -0.923. The van der Waals surface area contributed by atoms with Crippen LogP contribution in [0.5, 0.6) is 0 Å². The third-order valence-corrected chi connectivity index (χ3v) is 5.90. The van der Waals surface area contributed by atoms with Gasteiger partial charge in [0.05, 0.1) is 5.56 Å². The first-order chi connectivity index (χ1) is 13.8. The molecular formula is C22H22F4N2O. The van der Waals surface area contributed by atoms with E-state index in [2.05, 4.69) is 4.98 Å². The summed E-state index contributed by atoms with van der Waals surface area (Å²) in [4.78, 5) is 18.9. The molecule has 2 aliphatic carbocycles. The lowest BCUT2D eigenvalue weighted by molar-refractivity contribution is -0.137. The highest BCUT2D eigenvalue weighted by molar-refractivity contribution is 5.79. The Bertz CT molecular complexity index is 937. The van der Waals surface area contributed by atoms with E-state index in [-0.39, 0.29) is 17.4 Å². The van der Waals surface area contributed by atoms with Crippen molar-refractivity contribution in [3.8, 4) is 11.1 Å². The van der Waals surface area contributed by atoms with Crippen LogP contribution >= 0.6 is 0 Å². The fourth-order valence-corrected chi connectivity index (χ4v) is 4.35. The summed E-state index contributed by atoms with van der Waals surface area (Å²) in [6.07, 6.45) is 2.49. The van der Waals surface area contributed by atoms with Gasteiger partial charge in [0, 0.05) is 42.5 Å². The quantitative estimate of drug-likeness (QED) is 0.628. The van der Waals surface area contributed by atoms with Gasteiger partial charge in [0.15, 0.2) is 0 Å². The maximum absolute atomic E-state index is 14.6. The number of hydrogen-bond donors (Lipinski definition) is 0. The minimum Gasteiger partial charge on any atom is -0.340 e. The summed E-state index contributed by atoms with van der Waals surface area (Å²) in [7, 11) is 0. The van der Waals surface area contributed by atoms with Gasteiger partial charge < -0.3 is 4.90 Å². The van der Waals surface area contributed by atoms with Crippen molar-refractivity contribution in [1.82, 2.24) is 9.88 Å². The van der Waals surface area contributed by atoms with Gasteiger partial charge in [-0.3, -0.25) is 9.78 Å². The molecule has 1 atom stereocenters. The number of amides is 1. The van der Waals surface area contributed by atoms with Crippen LogP contribution < -0.4 is 0 Å². The highest BCUT2D eigenvalue weighted by Gasteiger charge is 2.35. The first-order valence-electron chi connectivity index (χ1n) is 9.93. The second kappa shape index (κ2) is 7.43. The van der Waals surface area contributed by atoms with Crippen molar-refractivity contribution in [3.05, 3.63) is 53.1 Å². The van der Waals surface area contributed by atoms with Crippen LogP contribution in [-0.2, 0) is 17.4 Å². The third-order valence-electron chi connectivity index (χ3n) is 5.90. The van der Waals surface area contributed by atoms with E-state index in [4.69, 9.17) is 0 Å². The van der Waals surface area contributed by atoms with Crippen LogP contribution in [0.1, 0.15) is 55.2 Å². The minimum absolute atomic E-state index is 0.0787. The zero-order valence-electron chi connectivity index (χ0n) is 16.1. The number of alkyl halides is 3. The summed E-state index contributed by atoms with van der Waals surface area (Å²) in [6, 6.07) is 2.90. The molecule has 1 saturated carbocycles. The Morgan fingerprint density at radius 2 is 1.93 bits per heavy atom. The molecule has 0 bridgehead atoms. The Labute approximate surface area is 166 Å². The lowest BCUT2D eigenvalue weighted by Gasteiger charge is -2.23. The van der Waals surface area contributed by atoms with Crippen molar-refractivity contribution in [1.29, 1.82) is 0 Å². The fourth-order valence-electron chi connectivity index (χ4n) is 4.35. The molecule has 3 nitrogen and oxygen atoms in total. The SMILES string of the molecule is CCN(C(=O)CC1CCc2cncc(-c3ccc(C(F)(F)F)cc3F)c21)C1CC1. The molecule has 1 amide bonds. The Kier molecular flexibility index (Phi) is 5.09. The molecule has 1 unspecified atom stereocenters. The van der Waals surface area contributed by atoms with E-state index in [0.717, 1.165) is 48.9 Å². The van der Waals surface area contributed by atoms with E-state index in [1.165, 1.54) is 6.20 Å². The number of hydrogen-bond acceptors (Lipinski definition) is 2. The van der Waals surface area contributed by atoms with Crippen LogP contribution in [0.2, 0.25) is 0 Å². The molecule has 1 fully saturated rings. The number of fused-ring (bicyclic) bond motifs is 1. The Morgan fingerprint density at radius 1 is 1.17 bits per heavy atom. The van der Waals surface area contributed by atoms with E-state index in [1.54, 1.807) is 6.20 Å². The minimum atomic E-state index is -4.60. The molecule has 29 heavy (non-hydrogen) atoms. The third kappa shape index (κ3) is 3.87. The van der Waals surface area contributed by atoms with E-state index < -0.39 is 17.6 Å². The smallest absolute Gasteiger partial charge is 0.340 e. The second-order valence-electron chi connectivity index (χ2n) is 7.80. The Balaban J connectivity index is 1.66. The van der Waals surface area contributed by atoms with Crippen molar-refractivity contribution in [3.63, 3.8) is 0 Å². The molecule has 2 aromatic rings. The van der Waals surface area contributed by atoms with Gasteiger partial charge in [0.2, 0.25) is 5.91 Å². The normalized spacial score (nSPS) is 18.6. The van der Waals surface area contributed by atoms with Gasteiger partial charge in [-0.15, -0.1) is 0 Å². The van der Waals surface area contributed by atoms with E-state index >= 15 is 0 Å². The first kappa shape index (κ1) is 19.9. The molecule has 0 aliphatic heterocycles. The number of pyridine rings is 1. The van der Waals surface area contributed by atoms with Crippen LogP contribution in [0, 0.1) is 5.82 Å². The molecule has 7 heteroatoms. The predicted molar refractivity (Wildman–Crippen MR) is 101 cm³/mol. The van der Waals surface area contributed by atoms with E-state index in [0.29, 0.717) is 30.6 Å². The first-order valence-corrected chi connectivity index (χ1v) is 9.93. The van der Waals surface area contributed by atoms with E-state index in [1.807, 2.05) is 11.8 Å². The van der Waals surface area contributed by atoms with Crippen molar-refractivity contribution >= 4 is 5.91 Å². The van der Waals surface area contributed by atoms with Crippen molar-refractivity contribution in [2.45, 2.75) is 57.2 Å². The average molecular weight is 406 g/mol. The summed E-state index contributed by atoms with van der Waals surface area (Å²) in [5, 5.41) is 0. The van der Waals surface area contributed by atoms with Crippen LogP contribution in [0.3, 0.4) is 0 Å². The van der Waals surface area contributed by atoms with Gasteiger partial charge in [-0.25, -0.2) is 4.39 Å². The largest absolute Gasteiger partial charge is 0.416 e. The number of rotatable bonds is 5. The molecule has 4 rings (SSSR count). The number of benzene rings is 1. The van der Waals surface area contributed by atoms with Gasteiger partial charge in [-0.1, -0.05) is 6.07 Å². The fraction of sp³-hybridized carbons (Fsp3) is 0.455. The summed E-state index contributed by atoms with van der Waals surface area (Å²) >= 11 is 0. The van der Waals surface area contributed by atoms with Gasteiger partial charge >= 0.3 is 6.18 Å². The Morgan fingerprint density at radius 3 is 2.55 bits per heavy atom. The van der Waals surface area contributed by atoms with Crippen LogP contribution in [-0.4, -0.2) is 28.4 Å². The van der Waals surface area contributed by atoms with Crippen LogP contribution in [0.25, 0.3) is 11.1 Å². The summed E-state index contributed by atoms with van der Waals surface area (Å²) in [5.41, 5.74) is 1.34. The number of halogens is 4. The van der Waals surface area contributed by atoms with Crippen LogP contribution in [0.4, 0.5) is 17.6 Å². The molecule has 0 saturated heterocycles. The summed E-state index contributed by atoms with van der Waals surface area (Å²) in [6.45, 7) is 2.63. The molecule has 0 N–H and O–H groups in total. The number of aryl methyl sites for hydroxylation is 1. The van der Waals surface area contributed by atoms with E-state index in [9.17, 15) is 22.4 Å². The lowest BCUT2D eigenvalue weighted by Crippen LogP contribution is -2.33.